The highest BCUT2D eigenvalue weighted by molar-refractivity contribution is 5.79. The normalized spacial score (nSPS) is 11.6. The van der Waals surface area contributed by atoms with Gasteiger partial charge in [-0.25, -0.2) is 4.98 Å². The van der Waals surface area contributed by atoms with Crippen molar-refractivity contribution in [1.29, 1.82) is 0 Å². The predicted molar refractivity (Wildman–Crippen MR) is 65.5 cm³/mol. The number of benzene rings is 1. The zero-order chi connectivity index (χ0) is 14.2. The third-order valence-corrected chi connectivity index (χ3v) is 2.67. The van der Waals surface area contributed by atoms with Gasteiger partial charge >= 0.3 is 6.18 Å². The molecule has 0 saturated carbocycles. The van der Waals surface area contributed by atoms with Gasteiger partial charge in [0.25, 0.3) is 0 Å². The number of hydrogen-bond donors (Lipinski definition) is 2. The lowest BCUT2D eigenvalue weighted by molar-refractivity contribution is -0.137. The molecule has 19 heavy (non-hydrogen) atoms. The van der Waals surface area contributed by atoms with Crippen molar-refractivity contribution in [1.82, 2.24) is 4.98 Å². The van der Waals surface area contributed by atoms with Gasteiger partial charge in [0.15, 0.2) is 0 Å². The van der Waals surface area contributed by atoms with E-state index in [0.29, 0.717) is 0 Å². The highest BCUT2D eigenvalue weighted by Gasteiger charge is 2.31. The summed E-state index contributed by atoms with van der Waals surface area (Å²) in [7, 11) is 0. The standard InChI is InChI=1S/C13H11F3N2O/c1-7-4-10(12(17)18-6-7)9-5-8(13(14,15)16)2-3-11(9)19/h2-6,19H,1H3,(H2,17,18). The summed E-state index contributed by atoms with van der Waals surface area (Å²) in [6, 6.07) is 4.26. The Morgan fingerprint density at radius 3 is 2.47 bits per heavy atom. The Hall–Kier alpha value is -2.24. The fourth-order valence-corrected chi connectivity index (χ4v) is 1.72. The van der Waals surface area contributed by atoms with E-state index in [4.69, 9.17) is 5.73 Å². The number of nitrogens with zero attached hydrogens (tertiary/aromatic N) is 1. The van der Waals surface area contributed by atoms with E-state index >= 15 is 0 Å². The second kappa shape index (κ2) is 4.46. The molecule has 0 radical (unpaired) electrons. The van der Waals surface area contributed by atoms with Crippen LogP contribution in [0.3, 0.4) is 0 Å². The molecule has 2 rings (SSSR count). The number of nitrogen functional groups attached to an aromatic ring is 1. The molecule has 1 aromatic carbocycles. The number of rotatable bonds is 1. The van der Waals surface area contributed by atoms with Crippen LogP contribution in [0.5, 0.6) is 5.75 Å². The van der Waals surface area contributed by atoms with Crippen molar-refractivity contribution in [3.63, 3.8) is 0 Å². The number of anilines is 1. The van der Waals surface area contributed by atoms with Gasteiger partial charge in [0.05, 0.1) is 5.56 Å². The van der Waals surface area contributed by atoms with Gasteiger partial charge in [-0.05, 0) is 36.8 Å². The van der Waals surface area contributed by atoms with E-state index in [0.717, 1.165) is 23.8 Å². The predicted octanol–water partition coefficient (Wildman–Crippen LogP) is 3.36. The molecule has 0 amide bonds. The lowest BCUT2D eigenvalue weighted by atomic mass is 10.0. The molecule has 3 nitrogen and oxygen atoms in total. The van der Waals surface area contributed by atoms with Gasteiger partial charge in [-0.15, -0.1) is 0 Å². The number of halogens is 3. The van der Waals surface area contributed by atoms with Crippen LogP contribution in [0.1, 0.15) is 11.1 Å². The van der Waals surface area contributed by atoms with E-state index in [1.54, 1.807) is 13.0 Å². The van der Waals surface area contributed by atoms with Gasteiger partial charge in [-0.3, -0.25) is 0 Å². The van der Waals surface area contributed by atoms with Crippen LogP contribution in [0.2, 0.25) is 0 Å². The van der Waals surface area contributed by atoms with Gasteiger partial charge in [-0.2, -0.15) is 13.2 Å². The molecule has 0 saturated heterocycles. The van der Waals surface area contributed by atoms with Crippen LogP contribution in [0.25, 0.3) is 11.1 Å². The molecular formula is C13H11F3N2O. The number of phenols is 1. The summed E-state index contributed by atoms with van der Waals surface area (Å²) in [5.41, 5.74) is 5.84. The van der Waals surface area contributed by atoms with Crippen LogP contribution >= 0.6 is 0 Å². The van der Waals surface area contributed by atoms with Crippen molar-refractivity contribution in [3.8, 4) is 16.9 Å². The van der Waals surface area contributed by atoms with Gasteiger partial charge < -0.3 is 10.8 Å². The Morgan fingerprint density at radius 1 is 1.16 bits per heavy atom. The number of nitrogens with two attached hydrogens (primary N) is 1. The second-order valence-electron chi connectivity index (χ2n) is 4.18. The minimum Gasteiger partial charge on any atom is -0.507 e. The summed E-state index contributed by atoms with van der Waals surface area (Å²) >= 11 is 0. The van der Waals surface area contributed by atoms with E-state index < -0.39 is 11.7 Å². The zero-order valence-corrected chi connectivity index (χ0v) is 9.99. The van der Waals surface area contributed by atoms with Gasteiger partial charge in [0, 0.05) is 17.3 Å². The summed E-state index contributed by atoms with van der Waals surface area (Å²) < 4.78 is 38.0. The minimum absolute atomic E-state index is 0.0172. The molecule has 6 heteroatoms. The van der Waals surface area contributed by atoms with Gasteiger partial charge in [0.2, 0.25) is 0 Å². The highest BCUT2D eigenvalue weighted by Crippen LogP contribution is 2.38. The van der Waals surface area contributed by atoms with Crippen LogP contribution in [-0.4, -0.2) is 10.1 Å². The van der Waals surface area contributed by atoms with Crippen LogP contribution < -0.4 is 5.73 Å². The Kier molecular flexibility index (Phi) is 3.09. The molecular weight excluding hydrogens is 257 g/mol. The minimum atomic E-state index is -4.48. The molecule has 1 heterocycles. The molecule has 0 atom stereocenters. The summed E-state index contributed by atoms with van der Waals surface area (Å²) in [6.45, 7) is 1.74. The average molecular weight is 268 g/mol. The zero-order valence-electron chi connectivity index (χ0n) is 9.99. The first-order valence-electron chi connectivity index (χ1n) is 5.42. The molecule has 0 spiro atoms. The molecule has 0 bridgehead atoms. The van der Waals surface area contributed by atoms with Gasteiger partial charge in [0.1, 0.15) is 11.6 Å². The third-order valence-electron chi connectivity index (χ3n) is 2.67. The molecule has 0 aliphatic carbocycles. The Labute approximate surface area is 107 Å². The molecule has 1 aromatic heterocycles. The highest BCUT2D eigenvalue weighted by atomic mass is 19.4. The van der Waals surface area contributed by atoms with Crippen LogP contribution in [0.4, 0.5) is 19.0 Å². The number of aromatic hydroxyl groups is 1. The first-order chi connectivity index (χ1) is 8.79. The van der Waals surface area contributed by atoms with Crippen LogP contribution in [0, 0.1) is 6.92 Å². The van der Waals surface area contributed by atoms with E-state index in [1.165, 1.54) is 6.20 Å². The summed E-state index contributed by atoms with van der Waals surface area (Å²) in [5, 5.41) is 9.72. The maximum atomic E-state index is 12.7. The molecule has 0 fully saturated rings. The summed E-state index contributed by atoms with van der Waals surface area (Å²) in [4.78, 5) is 3.87. The largest absolute Gasteiger partial charge is 0.507 e. The van der Waals surface area contributed by atoms with Crippen molar-refractivity contribution in [3.05, 3.63) is 41.6 Å². The van der Waals surface area contributed by atoms with Gasteiger partial charge in [-0.1, -0.05) is 0 Å². The van der Waals surface area contributed by atoms with Crippen molar-refractivity contribution >= 4 is 5.82 Å². The number of phenolic OH excluding ortho intramolecular Hbond substituents is 1. The number of hydrogen-bond acceptors (Lipinski definition) is 3. The first kappa shape index (κ1) is 13.2. The molecule has 100 valence electrons. The average Bonchev–Trinajstić information content (AvgIpc) is 2.32. The van der Waals surface area contributed by atoms with E-state index in [9.17, 15) is 18.3 Å². The van der Waals surface area contributed by atoms with Crippen LogP contribution in [-0.2, 0) is 6.18 Å². The monoisotopic (exact) mass is 268 g/mol. The summed E-state index contributed by atoms with van der Waals surface area (Å²) in [5.74, 6) is -0.202. The SMILES string of the molecule is Cc1cnc(N)c(-c2cc(C(F)(F)F)ccc2O)c1. The van der Waals surface area contributed by atoms with Crippen molar-refractivity contribution < 1.29 is 18.3 Å². The Morgan fingerprint density at radius 2 is 1.84 bits per heavy atom. The quantitative estimate of drug-likeness (QED) is 0.833. The molecule has 3 N–H and O–H groups in total. The fraction of sp³-hybridized carbons (Fsp3) is 0.154. The van der Waals surface area contributed by atoms with Crippen LogP contribution in [0.15, 0.2) is 30.5 Å². The molecule has 0 aliphatic rings. The fourth-order valence-electron chi connectivity index (χ4n) is 1.72. The topological polar surface area (TPSA) is 59.1 Å². The summed E-state index contributed by atoms with van der Waals surface area (Å²) in [6.07, 6.45) is -2.97. The maximum Gasteiger partial charge on any atom is 0.416 e. The maximum absolute atomic E-state index is 12.7. The lowest BCUT2D eigenvalue weighted by Gasteiger charge is -2.12. The van der Waals surface area contributed by atoms with Crippen molar-refractivity contribution in [2.75, 3.05) is 5.73 Å². The first-order valence-corrected chi connectivity index (χ1v) is 5.42. The number of alkyl halides is 3. The number of aromatic nitrogens is 1. The second-order valence-corrected chi connectivity index (χ2v) is 4.18. The molecule has 0 aliphatic heterocycles. The van der Waals surface area contributed by atoms with E-state index in [2.05, 4.69) is 4.98 Å². The smallest absolute Gasteiger partial charge is 0.416 e. The Bertz CT molecular complexity index is 624. The van der Waals surface area contributed by atoms with Crippen molar-refractivity contribution in [2.24, 2.45) is 0 Å². The third kappa shape index (κ3) is 2.62. The lowest BCUT2D eigenvalue weighted by Crippen LogP contribution is -2.05. The molecule has 2 aromatic rings. The molecule has 0 unspecified atom stereocenters. The van der Waals surface area contributed by atoms with E-state index in [1.807, 2.05) is 0 Å². The Balaban J connectivity index is 2.64. The number of pyridine rings is 1. The number of aryl methyl sites for hydroxylation is 1. The van der Waals surface area contributed by atoms with E-state index in [-0.39, 0.29) is 22.7 Å². The van der Waals surface area contributed by atoms with Crippen molar-refractivity contribution in [2.45, 2.75) is 13.1 Å².